The van der Waals surface area contributed by atoms with Gasteiger partial charge >= 0.3 is 0 Å². The molecule has 3 rings (SSSR count). The third kappa shape index (κ3) is 4.15. The smallest absolute Gasteiger partial charge is 0.256 e. The molecule has 2 aliphatic rings. The van der Waals surface area contributed by atoms with Crippen molar-refractivity contribution in [3.05, 3.63) is 60.6 Å². The quantitative estimate of drug-likeness (QED) is 0.541. The molecule has 0 saturated carbocycles. The lowest BCUT2D eigenvalue weighted by atomic mass is 10.0. The molecule has 0 unspecified atom stereocenters. The Morgan fingerprint density at radius 3 is 2.35 bits per heavy atom. The predicted octanol–water partition coefficient (Wildman–Crippen LogP) is 4.74. The molecule has 0 aromatic heterocycles. The average molecular weight is 483 g/mol. The normalized spacial score (nSPS) is 10.4. The zero-order chi connectivity index (χ0) is 19.4. The fraction of sp³-hybridized carbons (Fsp3) is 0.316. The van der Waals surface area contributed by atoms with E-state index in [2.05, 4.69) is 41.8 Å². The van der Waals surface area contributed by atoms with Crippen molar-refractivity contribution >= 4 is 31.9 Å². The molecule has 5 nitrogen and oxygen atoms in total. The summed E-state index contributed by atoms with van der Waals surface area (Å²) >= 11 is 7.00. The highest BCUT2D eigenvalue weighted by atomic mass is 79.9. The molecule has 1 aromatic carbocycles. The minimum absolute atomic E-state index is 0.0760. The van der Waals surface area contributed by atoms with Crippen molar-refractivity contribution in [3.8, 4) is 17.1 Å². The van der Waals surface area contributed by atoms with Gasteiger partial charge in [-0.15, -0.1) is 0 Å². The predicted molar refractivity (Wildman–Crippen MR) is 111 cm³/mol. The first-order valence-electron chi connectivity index (χ1n) is 8.25. The fourth-order valence-corrected chi connectivity index (χ4v) is 4.25. The monoisotopic (exact) mass is 481 g/mol. The number of halogens is 2. The molecule has 26 heavy (non-hydrogen) atoms. The summed E-state index contributed by atoms with van der Waals surface area (Å²) < 4.78 is 8.54. The van der Waals surface area contributed by atoms with Gasteiger partial charge in [0.15, 0.2) is 0 Å². The van der Waals surface area contributed by atoms with Gasteiger partial charge in [0.25, 0.3) is 5.56 Å². The van der Waals surface area contributed by atoms with Crippen LogP contribution in [0.25, 0.3) is 11.4 Å². The van der Waals surface area contributed by atoms with Gasteiger partial charge in [0.2, 0.25) is 0 Å². The molecule has 0 atom stereocenters. The summed E-state index contributed by atoms with van der Waals surface area (Å²) in [5.41, 5.74) is 2.91. The molecule has 0 amide bonds. The molecule has 0 aliphatic carbocycles. The molecule has 0 N–H and O–H groups in total. The van der Waals surface area contributed by atoms with Gasteiger partial charge in [-0.05, 0) is 62.5 Å². The molecule has 2 aliphatic heterocycles. The van der Waals surface area contributed by atoms with Gasteiger partial charge in [-0.2, -0.15) is 0 Å². The van der Waals surface area contributed by atoms with E-state index in [-0.39, 0.29) is 5.56 Å². The van der Waals surface area contributed by atoms with Crippen LogP contribution in [0.15, 0.2) is 38.1 Å². The maximum atomic E-state index is 12.7. The minimum atomic E-state index is -0.0760. The summed E-state index contributed by atoms with van der Waals surface area (Å²) in [6.45, 7) is 5.83. The van der Waals surface area contributed by atoms with Crippen molar-refractivity contribution in [2.24, 2.45) is 7.05 Å². The van der Waals surface area contributed by atoms with Gasteiger partial charge in [0.05, 0.1) is 27.4 Å². The van der Waals surface area contributed by atoms with Crippen LogP contribution in [0.3, 0.4) is 0 Å². The van der Waals surface area contributed by atoms with E-state index in [1.165, 1.54) is 0 Å². The van der Waals surface area contributed by atoms with Crippen LogP contribution in [-0.2, 0) is 13.5 Å². The number of rotatable bonds is 3. The lowest BCUT2D eigenvalue weighted by Crippen LogP contribution is -2.18. The van der Waals surface area contributed by atoms with Crippen LogP contribution in [0.2, 0.25) is 0 Å². The maximum Gasteiger partial charge on any atom is 0.256 e. The van der Waals surface area contributed by atoms with Crippen LogP contribution >= 0.6 is 31.9 Å². The number of fused-ring (bicyclic) bond motifs is 1. The number of hydrogen-bond acceptors (Lipinski definition) is 4. The van der Waals surface area contributed by atoms with Crippen LogP contribution in [-0.4, -0.2) is 21.6 Å². The number of aryl methyl sites for hydroxylation is 2. The SMILES string of the molecule is CC.COc1c(Br)cc(Cc2c3nc(C)nc-3ccn(C)c2=O)cc1Br. The topological polar surface area (TPSA) is 57.0 Å². The Morgan fingerprint density at radius 2 is 1.77 bits per heavy atom. The zero-order valence-corrected chi connectivity index (χ0v) is 18.6. The van der Waals surface area contributed by atoms with Crippen LogP contribution in [0.1, 0.15) is 30.8 Å². The van der Waals surface area contributed by atoms with Gasteiger partial charge in [-0.3, -0.25) is 4.79 Å². The summed E-state index contributed by atoms with van der Waals surface area (Å²) in [5.74, 6) is 1.39. The molecule has 0 fully saturated rings. The van der Waals surface area contributed by atoms with Crippen molar-refractivity contribution in [3.63, 3.8) is 0 Å². The Hall–Kier alpha value is -1.73. The number of hydrogen-bond donors (Lipinski definition) is 0. The number of methoxy groups -OCH3 is 1. The van der Waals surface area contributed by atoms with Crippen molar-refractivity contribution < 1.29 is 4.74 Å². The van der Waals surface area contributed by atoms with Gasteiger partial charge in [0, 0.05) is 25.2 Å². The Kier molecular flexibility index (Phi) is 6.94. The molecule has 138 valence electrons. The van der Waals surface area contributed by atoms with Gasteiger partial charge in [0.1, 0.15) is 11.6 Å². The van der Waals surface area contributed by atoms with E-state index in [1.807, 2.05) is 39.0 Å². The Morgan fingerprint density at radius 1 is 1.15 bits per heavy atom. The second-order valence-electron chi connectivity index (χ2n) is 5.48. The van der Waals surface area contributed by atoms with Crippen molar-refractivity contribution in [2.75, 3.05) is 7.11 Å². The first-order chi connectivity index (χ1) is 12.4. The first kappa shape index (κ1) is 20.6. The van der Waals surface area contributed by atoms with Gasteiger partial charge in [-0.25, -0.2) is 9.97 Å². The molecular weight excluding hydrogens is 462 g/mol. The molecule has 2 heterocycles. The van der Waals surface area contributed by atoms with E-state index < -0.39 is 0 Å². The fourth-order valence-electron chi connectivity index (χ4n) is 2.65. The zero-order valence-electron chi connectivity index (χ0n) is 15.4. The van der Waals surface area contributed by atoms with E-state index in [0.717, 1.165) is 26.0 Å². The standard InChI is InChI=1S/C17H15Br2N3O2.C2H6/c1-9-20-14-4-5-22(2)17(23)11(15(14)21-9)6-10-7-12(18)16(24-3)13(19)8-10;1-2/h4-5,7-8H,6H2,1-3H3;1-2H3. The maximum absolute atomic E-state index is 12.7. The summed E-state index contributed by atoms with van der Waals surface area (Å²) in [5, 5.41) is 0. The van der Waals surface area contributed by atoms with Gasteiger partial charge < -0.3 is 9.30 Å². The molecule has 0 bridgehead atoms. The van der Waals surface area contributed by atoms with E-state index >= 15 is 0 Å². The summed E-state index contributed by atoms with van der Waals surface area (Å²) in [6, 6.07) is 5.72. The Bertz CT molecular complexity index is 931. The second kappa shape index (κ2) is 8.77. The summed E-state index contributed by atoms with van der Waals surface area (Å²) in [6.07, 6.45) is 2.18. The number of imidazole rings is 1. The van der Waals surface area contributed by atoms with E-state index in [0.29, 0.717) is 23.5 Å². The molecule has 0 radical (unpaired) electrons. The molecule has 1 aromatic rings. The summed E-state index contributed by atoms with van der Waals surface area (Å²) in [4.78, 5) is 21.6. The first-order valence-corrected chi connectivity index (χ1v) is 9.84. The second-order valence-corrected chi connectivity index (χ2v) is 7.19. The van der Waals surface area contributed by atoms with E-state index in [1.54, 1.807) is 24.9 Å². The largest absolute Gasteiger partial charge is 0.494 e. The van der Waals surface area contributed by atoms with Gasteiger partial charge in [-0.1, -0.05) is 13.8 Å². The van der Waals surface area contributed by atoms with E-state index in [9.17, 15) is 4.79 Å². The summed E-state index contributed by atoms with van der Waals surface area (Å²) in [7, 11) is 3.35. The average Bonchev–Trinajstić information content (AvgIpc) is 2.94. The number of nitrogens with zero attached hydrogens (tertiary/aromatic N) is 3. The van der Waals surface area contributed by atoms with Crippen LogP contribution in [0.5, 0.6) is 5.75 Å². The van der Waals surface area contributed by atoms with Crippen LogP contribution in [0.4, 0.5) is 0 Å². The van der Waals surface area contributed by atoms with Crippen molar-refractivity contribution in [1.29, 1.82) is 0 Å². The number of ether oxygens (including phenoxy) is 1. The Labute approximate surface area is 170 Å². The van der Waals surface area contributed by atoms with Crippen molar-refractivity contribution in [2.45, 2.75) is 27.2 Å². The minimum Gasteiger partial charge on any atom is -0.494 e. The van der Waals surface area contributed by atoms with Crippen LogP contribution < -0.4 is 10.3 Å². The molecular formula is C19H21Br2N3O2. The lowest BCUT2D eigenvalue weighted by molar-refractivity contribution is 0.409. The van der Waals surface area contributed by atoms with Crippen LogP contribution in [0, 0.1) is 6.92 Å². The number of benzene rings is 1. The highest BCUT2D eigenvalue weighted by Gasteiger charge is 2.18. The third-order valence-corrected chi connectivity index (χ3v) is 4.94. The number of aromatic nitrogens is 3. The highest BCUT2D eigenvalue weighted by Crippen LogP contribution is 2.35. The third-order valence-electron chi connectivity index (χ3n) is 3.76. The lowest BCUT2D eigenvalue weighted by Gasteiger charge is -2.09. The van der Waals surface area contributed by atoms with Crippen molar-refractivity contribution in [1.82, 2.24) is 14.5 Å². The Balaban J connectivity index is 0.00000117. The molecule has 0 spiro atoms. The molecule has 7 heteroatoms. The highest BCUT2D eigenvalue weighted by molar-refractivity contribution is 9.11. The molecule has 0 saturated heterocycles. The van der Waals surface area contributed by atoms with E-state index in [4.69, 9.17) is 4.74 Å².